The highest BCUT2D eigenvalue weighted by Gasteiger charge is 2.79. The summed E-state index contributed by atoms with van der Waals surface area (Å²) in [6, 6.07) is -0.455. The number of fused-ring (bicyclic) bond motifs is 9. The van der Waals surface area contributed by atoms with Crippen LogP contribution in [0.15, 0.2) is 24.3 Å². The number of ether oxygens (including phenoxy) is 14. The molecule has 22 nitrogen and oxygen atoms in total. The molecule has 8 N–H and O–H groups in total. The zero-order valence-electron chi connectivity index (χ0n) is 45.1. The molecule has 12 bridgehead atoms. The molecule has 0 amide bonds. The largest absolute Gasteiger partial charge is 0.459 e. The fraction of sp³-hybridized carbons (Fsp3) is 0.912. The molecule has 0 saturated carbocycles. The molecular weight excluding hydrogens is 1030 g/mol. The lowest BCUT2D eigenvalue weighted by Gasteiger charge is -2.50. The van der Waals surface area contributed by atoms with Gasteiger partial charge in [-0.15, -0.1) is 0 Å². The lowest BCUT2D eigenvalue weighted by atomic mass is 9.83. The van der Waals surface area contributed by atoms with E-state index in [1.165, 1.54) is 0 Å². The van der Waals surface area contributed by atoms with Gasteiger partial charge in [-0.1, -0.05) is 20.1 Å². The summed E-state index contributed by atoms with van der Waals surface area (Å²) in [7, 11) is 0. The second-order valence-electron chi connectivity index (χ2n) is 26.1. The minimum absolute atomic E-state index is 0.0375. The van der Waals surface area contributed by atoms with Crippen LogP contribution in [-0.4, -0.2) is 225 Å². The van der Waals surface area contributed by atoms with Gasteiger partial charge >= 0.3 is 5.97 Å². The Hall–Kier alpha value is -1.85. The number of hydrogen-bond acceptors (Lipinski definition) is 22. The molecule has 0 radical (unpaired) electrons. The van der Waals surface area contributed by atoms with Crippen LogP contribution in [-0.2, 0) is 71.1 Å². The molecule has 0 aromatic carbocycles. The van der Waals surface area contributed by atoms with E-state index in [9.17, 15) is 35.4 Å². The first kappa shape index (κ1) is 55.0. The van der Waals surface area contributed by atoms with Crippen molar-refractivity contribution in [2.75, 3.05) is 6.61 Å². The van der Waals surface area contributed by atoms with Crippen LogP contribution in [0.1, 0.15) is 129 Å². The van der Waals surface area contributed by atoms with Gasteiger partial charge in [0.2, 0.25) is 11.6 Å². The van der Waals surface area contributed by atoms with E-state index in [0.717, 1.165) is 24.0 Å². The molecule has 0 aromatic rings. The van der Waals surface area contributed by atoms with Crippen LogP contribution in [0, 0.1) is 5.92 Å². The zero-order chi connectivity index (χ0) is 54.4. The number of carbonyl (C=O) groups excluding carboxylic acids is 1. The Balaban J connectivity index is 0.667. The fourth-order valence-corrected chi connectivity index (χ4v) is 16.7. The smallest absolute Gasteiger partial charge is 0.308 e. The van der Waals surface area contributed by atoms with Crippen LogP contribution in [0.5, 0.6) is 0 Å². The number of carbonyl (C=O) groups is 1. The summed E-state index contributed by atoms with van der Waals surface area (Å²) in [5.41, 5.74) is 8.69. The second-order valence-corrected chi connectivity index (χ2v) is 26.1. The predicted octanol–water partition coefficient (Wildman–Crippen LogP) is 1.05. The first-order chi connectivity index (χ1) is 37.9. The van der Waals surface area contributed by atoms with Crippen LogP contribution in [0.3, 0.4) is 0 Å². The number of nitrogens with two attached hydrogens (primary N) is 1. The lowest BCUT2D eigenvalue weighted by Crippen LogP contribution is -2.63. The molecule has 0 aromatic heterocycles. The minimum atomic E-state index is -2.04. The topological polar surface area (TPSA) is 294 Å². The van der Waals surface area contributed by atoms with Gasteiger partial charge in [-0.2, -0.15) is 0 Å². The standard InChI is InChI=1S/C57H83NO21/c1-24-12-28-4-6-35-25(2)13-30(66-35)8-11-56-54(64)57(65)53(79-56)52-51(78-57)50(77-56)49-36(73-52)7-5-29(69-49)17-47(63)72-45-21-44-43(71-42(45)18-37(67-28)26(24)3)20-41-40(70-44)16-31(68-41)15-39-33(61)9-10-55(75-39)22-32(58)48-46(76-55)19-38(74-48)34(62)14-27(60)23-59/h24,27-46,48-54,59-62,64-65H,2-23,58H2,1H3/t24-,27-,28+,29-,30+,31+,32+,33+,34+,35+,36+,37-,38+,39+,40?,41-,42+,43+,44?,45-,46+,48+,49+,50+,51+,52-,53?,54+,55-,56-,57?/m1/s1. The summed E-state index contributed by atoms with van der Waals surface area (Å²) in [4.78, 5) is 14.4. The van der Waals surface area contributed by atoms with Gasteiger partial charge in [0.15, 0.2) is 11.9 Å². The van der Waals surface area contributed by atoms with E-state index in [2.05, 4.69) is 20.1 Å². The Kier molecular flexibility index (Phi) is 14.6. The average Bonchev–Trinajstić information content (AvgIpc) is 3.69. The Morgan fingerprint density at radius 2 is 1.38 bits per heavy atom. The molecule has 15 rings (SSSR count). The van der Waals surface area contributed by atoms with Crippen molar-refractivity contribution in [3.05, 3.63) is 24.3 Å². The van der Waals surface area contributed by atoms with E-state index in [4.69, 9.17) is 72.0 Å². The van der Waals surface area contributed by atoms with Crippen LogP contribution >= 0.6 is 0 Å². The zero-order valence-corrected chi connectivity index (χ0v) is 45.1. The third-order valence-electron chi connectivity index (χ3n) is 20.8. The van der Waals surface area contributed by atoms with Gasteiger partial charge < -0.3 is 103 Å². The van der Waals surface area contributed by atoms with Crippen LogP contribution in [0.25, 0.3) is 0 Å². The van der Waals surface area contributed by atoms with E-state index in [-0.39, 0.29) is 74.0 Å². The number of aliphatic hydroxyl groups excluding tert-OH is 5. The Morgan fingerprint density at radius 3 is 2.20 bits per heavy atom. The molecule has 15 fully saturated rings. The van der Waals surface area contributed by atoms with Gasteiger partial charge in [-0.05, 0) is 68.4 Å². The predicted molar refractivity (Wildman–Crippen MR) is 268 cm³/mol. The van der Waals surface area contributed by atoms with Gasteiger partial charge in [0.05, 0.1) is 129 Å². The number of rotatable bonds is 6. The molecule has 15 saturated heterocycles. The van der Waals surface area contributed by atoms with Crippen molar-refractivity contribution in [1.29, 1.82) is 0 Å². The van der Waals surface area contributed by atoms with E-state index in [1.807, 2.05) is 0 Å². The number of esters is 1. The van der Waals surface area contributed by atoms with Gasteiger partial charge in [0.1, 0.15) is 36.6 Å². The van der Waals surface area contributed by atoms with Crippen molar-refractivity contribution in [2.45, 2.75) is 311 Å². The monoisotopic (exact) mass is 1120 g/mol. The Labute approximate surface area is 460 Å². The maximum atomic E-state index is 14.4. The first-order valence-corrected chi connectivity index (χ1v) is 29.9. The van der Waals surface area contributed by atoms with Gasteiger partial charge in [-0.3, -0.25) is 4.79 Å². The van der Waals surface area contributed by atoms with Gasteiger partial charge in [-0.25, -0.2) is 0 Å². The summed E-state index contributed by atoms with van der Waals surface area (Å²) >= 11 is 0. The van der Waals surface area contributed by atoms with Crippen molar-refractivity contribution in [1.82, 2.24) is 0 Å². The third-order valence-corrected chi connectivity index (χ3v) is 20.8. The lowest BCUT2D eigenvalue weighted by molar-refractivity contribution is -0.341. The molecule has 22 heteroatoms. The highest BCUT2D eigenvalue weighted by Crippen LogP contribution is 2.58. The fourth-order valence-electron chi connectivity index (χ4n) is 16.7. The average molecular weight is 1120 g/mol. The highest BCUT2D eigenvalue weighted by atomic mass is 16.8. The maximum Gasteiger partial charge on any atom is 0.308 e. The van der Waals surface area contributed by atoms with Crippen molar-refractivity contribution in [3.63, 3.8) is 0 Å². The maximum absolute atomic E-state index is 14.4. The molecule has 15 aliphatic rings. The Bertz CT molecular complexity index is 2300. The van der Waals surface area contributed by atoms with Gasteiger partial charge in [0.25, 0.3) is 0 Å². The van der Waals surface area contributed by atoms with E-state index in [1.54, 1.807) is 0 Å². The molecule has 2 spiro atoms. The second kappa shape index (κ2) is 21.0. The summed E-state index contributed by atoms with van der Waals surface area (Å²) < 4.78 is 93.3. The van der Waals surface area contributed by atoms with Crippen molar-refractivity contribution < 1.29 is 102 Å². The van der Waals surface area contributed by atoms with Gasteiger partial charge in [0, 0.05) is 70.3 Å². The summed E-state index contributed by atoms with van der Waals surface area (Å²) in [5.74, 6) is -4.98. The summed E-state index contributed by atoms with van der Waals surface area (Å²) in [6.45, 7) is 10.7. The van der Waals surface area contributed by atoms with E-state index < -0.39 is 146 Å². The molecule has 0 aliphatic carbocycles. The first-order valence-electron chi connectivity index (χ1n) is 29.9. The molecule has 442 valence electrons. The quantitative estimate of drug-likeness (QED) is 0.145. The number of hydrogen-bond donors (Lipinski definition) is 7. The van der Waals surface area contributed by atoms with Crippen LogP contribution in [0.4, 0.5) is 0 Å². The Morgan fingerprint density at radius 1 is 0.646 bits per heavy atom. The number of aliphatic hydroxyl groups is 6. The molecular formula is C57H83NO21. The SMILES string of the molecule is C=C1C[C@@H]2CC[C@]34OC5[C@@H]6O[C@H]7CC[C@H](CC(=O)O[C@@H]8CC9OC%10C[C@H](C[C@@H]%11O[C@@]%12(CC[C@@H]%11O)C[C@H](N)[C@@H]%11O[C@H]([C@@H](O)C[C@@H](O)CO)C[C@@H]%11O%12)O[C@@H]%10C[C@@H]9O[C@H]8C[C@H]8O[C@@H](CC[C@@H]1O2)C[C@@H](C)C8=C)O[C@@H]7[C@H](O3)[C@@H]6OC5(O)[C@H]4O. The summed E-state index contributed by atoms with van der Waals surface area (Å²) in [5, 5.41) is 65.2. The molecule has 15 aliphatic heterocycles. The molecule has 31 atom stereocenters. The van der Waals surface area contributed by atoms with E-state index >= 15 is 0 Å². The minimum Gasteiger partial charge on any atom is -0.459 e. The molecule has 15 heterocycles. The molecule has 4 unspecified atom stereocenters. The van der Waals surface area contributed by atoms with Crippen LogP contribution < -0.4 is 5.73 Å². The molecule has 79 heavy (non-hydrogen) atoms. The summed E-state index contributed by atoms with van der Waals surface area (Å²) in [6.07, 6.45) is -6.67. The van der Waals surface area contributed by atoms with Crippen LogP contribution in [0.2, 0.25) is 0 Å². The highest BCUT2D eigenvalue weighted by molar-refractivity contribution is 5.70. The third kappa shape index (κ3) is 9.85. The van der Waals surface area contributed by atoms with Crippen molar-refractivity contribution in [2.24, 2.45) is 11.7 Å². The van der Waals surface area contributed by atoms with Crippen molar-refractivity contribution >= 4 is 5.97 Å². The van der Waals surface area contributed by atoms with Crippen molar-refractivity contribution in [3.8, 4) is 0 Å². The normalized spacial score (nSPS) is 55.7. The van der Waals surface area contributed by atoms with E-state index in [0.29, 0.717) is 89.9 Å².